The van der Waals surface area contributed by atoms with Crippen LogP contribution in [0.4, 0.5) is 10.1 Å². The van der Waals surface area contributed by atoms with Gasteiger partial charge in [0.2, 0.25) is 0 Å². The molecule has 0 saturated heterocycles. The Kier molecular flexibility index (Phi) is 5.41. The molecule has 1 aromatic carbocycles. The van der Waals surface area contributed by atoms with Crippen molar-refractivity contribution in [1.29, 1.82) is 0 Å². The van der Waals surface area contributed by atoms with Gasteiger partial charge in [-0.25, -0.2) is 4.39 Å². The van der Waals surface area contributed by atoms with E-state index in [1.54, 1.807) is 12.1 Å². The van der Waals surface area contributed by atoms with Crippen LogP contribution in [0.3, 0.4) is 0 Å². The zero-order valence-corrected chi connectivity index (χ0v) is 12.7. The molecule has 3 atom stereocenters. The number of benzene rings is 1. The fourth-order valence-corrected chi connectivity index (χ4v) is 3.34. The Bertz CT molecular complexity index is 421. The Morgan fingerprint density at radius 2 is 2.10 bits per heavy atom. The smallest absolute Gasteiger partial charge is 0.125 e. The van der Waals surface area contributed by atoms with Gasteiger partial charge in [-0.2, -0.15) is 0 Å². The first-order valence-corrected chi connectivity index (χ1v) is 7.90. The average Bonchev–Trinajstić information content (AvgIpc) is 2.46. The fourth-order valence-electron chi connectivity index (χ4n) is 3.34. The van der Waals surface area contributed by atoms with Crippen LogP contribution in [0.5, 0.6) is 0 Å². The molecule has 0 aliphatic heterocycles. The van der Waals surface area contributed by atoms with Crippen LogP contribution < -0.4 is 10.6 Å². The minimum Gasteiger partial charge on any atom is -0.371 e. The molecule has 0 aromatic heterocycles. The van der Waals surface area contributed by atoms with Crippen LogP contribution in [0.2, 0.25) is 0 Å². The van der Waals surface area contributed by atoms with Crippen molar-refractivity contribution in [3.63, 3.8) is 0 Å². The third-order valence-corrected chi connectivity index (χ3v) is 4.74. The van der Waals surface area contributed by atoms with Crippen molar-refractivity contribution in [2.45, 2.75) is 45.6 Å². The number of rotatable bonds is 5. The Hall–Kier alpha value is -1.09. The summed E-state index contributed by atoms with van der Waals surface area (Å²) in [6.45, 7) is 6.22. The molecule has 1 aliphatic carbocycles. The van der Waals surface area contributed by atoms with Crippen LogP contribution in [0.1, 0.15) is 39.5 Å². The van der Waals surface area contributed by atoms with Crippen LogP contribution in [0, 0.1) is 17.7 Å². The van der Waals surface area contributed by atoms with E-state index in [1.807, 2.05) is 6.07 Å². The Morgan fingerprint density at radius 1 is 1.30 bits per heavy atom. The molecule has 1 aliphatic rings. The van der Waals surface area contributed by atoms with E-state index in [0.717, 1.165) is 31.1 Å². The molecule has 2 N–H and O–H groups in total. The van der Waals surface area contributed by atoms with E-state index >= 15 is 0 Å². The van der Waals surface area contributed by atoms with Crippen molar-refractivity contribution in [3.8, 4) is 0 Å². The van der Waals surface area contributed by atoms with Crippen LogP contribution in [0.25, 0.3) is 0 Å². The molecular weight excluding hydrogens is 251 g/mol. The lowest BCUT2D eigenvalue weighted by Crippen LogP contribution is -2.43. The van der Waals surface area contributed by atoms with Gasteiger partial charge in [0.25, 0.3) is 0 Å². The summed E-state index contributed by atoms with van der Waals surface area (Å²) < 4.78 is 13.4. The number of hydrogen-bond donors (Lipinski definition) is 1. The second-order valence-electron chi connectivity index (χ2n) is 6.03. The van der Waals surface area contributed by atoms with Gasteiger partial charge >= 0.3 is 0 Å². The fraction of sp³-hybridized carbons (Fsp3) is 0.647. The van der Waals surface area contributed by atoms with Gasteiger partial charge in [0.1, 0.15) is 5.82 Å². The molecular formula is C17H27FN2. The summed E-state index contributed by atoms with van der Waals surface area (Å²) in [4.78, 5) is 2.26. The van der Waals surface area contributed by atoms with E-state index in [-0.39, 0.29) is 5.82 Å². The molecule has 112 valence electrons. The maximum absolute atomic E-state index is 13.4. The average molecular weight is 278 g/mol. The maximum atomic E-state index is 13.4. The highest BCUT2D eigenvalue weighted by Gasteiger charge is 2.28. The van der Waals surface area contributed by atoms with Crippen LogP contribution in [-0.4, -0.2) is 19.1 Å². The standard InChI is InChI=1S/C17H27FN2/c1-3-13-8-9-17(19)14(10-13)12-20(4-2)16-7-5-6-15(18)11-16/h5-7,11,13-14,17H,3-4,8-10,12,19H2,1-2H3. The molecule has 0 radical (unpaired) electrons. The third kappa shape index (κ3) is 3.72. The van der Waals surface area contributed by atoms with Crippen molar-refractivity contribution >= 4 is 5.69 Å². The molecule has 3 heteroatoms. The van der Waals surface area contributed by atoms with Gasteiger partial charge in [-0.05, 0) is 56.2 Å². The summed E-state index contributed by atoms with van der Waals surface area (Å²) in [7, 11) is 0. The molecule has 1 fully saturated rings. The van der Waals surface area contributed by atoms with E-state index in [0.29, 0.717) is 12.0 Å². The van der Waals surface area contributed by atoms with Gasteiger partial charge < -0.3 is 10.6 Å². The van der Waals surface area contributed by atoms with Crippen molar-refractivity contribution < 1.29 is 4.39 Å². The van der Waals surface area contributed by atoms with Crippen molar-refractivity contribution in [1.82, 2.24) is 0 Å². The molecule has 0 amide bonds. The molecule has 0 spiro atoms. The van der Waals surface area contributed by atoms with Crippen molar-refractivity contribution in [3.05, 3.63) is 30.1 Å². The lowest BCUT2D eigenvalue weighted by molar-refractivity contribution is 0.230. The molecule has 20 heavy (non-hydrogen) atoms. The lowest BCUT2D eigenvalue weighted by Gasteiger charge is -2.37. The van der Waals surface area contributed by atoms with E-state index in [9.17, 15) is 4.39 Å². The summed E-state index contributed by atoms with van der Waals surface area (Å²) in [5.74, 6) is 1.17. The first-order chi connectivity index (χ1) is 9.63. The molecule has 2 nitrogen and oxygen atoms in total. The van der Waals surface area contributed by atoms with Crippen molar-refractivity contribution in [2.24, 2.45) is 17.6 Å². The Morgan fingerprint density at radius 3 is 2.75 bits per heavy atom. The van der Waals surface area contributed by atoms with E-state index in [1.165, 1.54) is 25.3 Å². The Balaban J connectivity index is 2.05. The molecule has 2 rings (SSSR count). The monoisotopic (exact) mass is 278 g/mol. The molecule has 1 aromatic rings. The van der Waals surface area contributed by atoms with Gasteiger partial charge in [0, 0.05) is 24.8 Å². The van der Waals surface area contributed by atoms with Crippen molar-refractivity contribution in [2.75, 3.05) is 18.0 Å². The normalized spacial score (nSPS) is 26.5. The predicted octanol–water partition coefficient (Wildman–Crippen LogP) is 3.81. The van der Waals surface area contributed by atoms with Crippen LogP contribution in [0.15, 0.2) is 24.3 Å². The number of nitrogens with zero attached hydrogens (tertiary/aromatic N) is 1. The maximum Gasteiger partial charge on any atom is 0.125 e. The van der Waals surface area contributed by atoms with Gasteiger partial charge in [-0.15, -0.1) is 0 Å². The zero-order chi connectivity index (χ0) is 14.5. The first-order valence-electron chi connectivity index (χ1n) is 7.90. The molecule has 1 saturated carbocycles. The third-order valence-electron chi connectivity index (χ3n) is 4.74. The highest BCUT2D eigenvalue weighted by Crippen LogP contribution is 2.31. The van der Waals surface area contributed by atoms with Crippen LogP contribution in [-0.2, 0) is 0 Å². The highest BCUT2D eigenvalue weighted by molar-refractivity contribution is 5.46. The summed E-state index contributed by atoms with van der Waals surface area (Å²) >= 11 is 0. The zero-order valence-electron chi connectivity index (χ0n) is 12.7. The number of anilines is 1. The molecule has 0 bridgehead atoms. The summed E-state index contributed by atoms with van der Waals surface area (Å²) in [5.41, 5.74) is 7.28. The predicted molar refractivity (Wildman–Crippen MR) is 83.4 cm³/mol. The second kappa shape index (κ2) is 7.07. The van der Waals surface area contributed by atoms with E-state index in [2.05, 4.69) is 18.7 Å². The number of halogens is 1. The highest BCUT2D eigenvalue weighted by atomic mass is 19.1. The van der Waals surface area contributed by atoms with E-state index < -0.39 is 0 Å². The first kappa shape index (κ1) is 15.3. The largest absolute Gasteiger partial charge is 0.371 e. The lowest BCUT2D eigenvalue weighted by atomic mass is 9.77. The van der Waals surface area contributed by atoms with Gasteiger partial charge in [0.05, 0.1) is 0 Å². The summed E-state index contributed by atoms with van der Waals surface area (Å²) in [6, 6.07) is 7.17. The van der Waals surface area contributed by atoms with E-state index in [4.69, 9.17) is 5.73 Å². The van der Waals surface area contributed by atoms with Crippen LogP contribution >= 0.6 is 0 Å². The topological polar surface area (TPSA) is 29.3 Å². The SMILES string of the molecule is CCC1CCC(N)C(CN(CC)c2cccc(F)c2)C1. The number of hydrogen-bond acceptors (Lipinski definition) is 2. The molecule has 0 heterocycles. The number of nitrogens with two attached hydrogens (primary N) is 1. The Labute approximate surface area is 122 Å². The summed E-state index contributed by atoms with van der Waals surface area (Å²) in [5, 5.41) is 0. The quantitative estimate of drug-likeness (QED) is 0.887. The molecule has 3 unspecified atom stereocenters. The van der Waals surface area contributed by atoms with Gasteiger partial charge in [0.15, 0.2) is 0 Å². The van der Waals surface area contributed by atoms with Gasteiger partial charge in [-0.3, -0.25) is 0 Å². The second-order valence-corrected chi connectivity index (χ2v) is 6.03. The summed E-state index contributed by atoms with van der Waals surface area (Å²) in [6.07, 6.45) is 4.85. The van der Waals surface area contributed by atoms with Gasteiger partial charge in [-0.1, -0.05) is 19.4 Å². The minimum absolute atomic E-state index is 0.166. The minimum atomic E-state index is -0.166.